The Kier molecular flexibility index (Phi) is 5.74. The van der Waals surface area contributed by atoms with Crippen molar-refractivity contribution >= 4 is 46.5 Å². The maximum absolute atomic E-state index is 11.8. The van der Waals surface area contributed by atoms with Crippen molar-refractivity contribution in [2.45, 2.75) is 6.42 Å². The summed E-state index contributed by atoms with van der Waals surface area (Å²) in [6, 6.07) is 12.2. The minimum absolute atomic E-state index is 0.326. The molecule has 0 aromatic heterocycles. The molecule has 0 heterocycles. The zero-order chi connectivity index (χ0) is 15.2. The molecule has 6 heteroatoms. The number of anilines is 1. The van der Waals surface area contributed by atoms with Crippen molar-refractivity contribution in [3.05, 3.63) is 63.1 Å². The van der Waals surface area contributed by atoms with Crippen LogP contribution >= 0.6 is 34.8 Å². The Morgan fingerprint density at radius 2 is 1.71 bits per heavy atom. The van der Waals surface area contributed by atoms with Gasteiger partial charge in [0, 0.05) is 11.6 Å². The average Bonchev–Trinajstić information content (AvgIpc) is 2.46. The van der Waals surface area contributed by atoms with Gasteiger partial charge in [0.15, 0.2) is 0 Å². The SMILES string of the molecule is O=C(NCCc1ccc(Cl)cc1)Nc1cccc(Cl)c1Cl. The van der Waals surface area contributed by atoms with E-state index in [1.807, 2.05) is 24.3 Å². The molecule has 2 aromatic carbocycles. The Morgan fingerprint density at radius 1 is 1.00 bits per heavy atom. The lowest BCUT2D eigenvalue weighted by Crippen LogP contribution is -2.30. The van der Waals surface area contributed by atoms with Gasteiger partial charge >= 0.3 is 6.03 Å². The summed E-state index contributed by atoms with van der Waals surface area (Å²) in [7, 11) is 0. The number of halogens is 3. The van der Waals surface area contributed by atoms with Gasteiger partial charge in [0.2, 0.25) is 0 Å². The van der Waals surface area contributed by atoms with Crippen LogP contribution in [0.1, 0.15) is 5.56 Å². The van der Waals surface area contributed by atoms with E-state index >= 15 is 0 Å². The van der Waals surface area contributed by atoms with Gasteiger partial charge in [0.25, 0.3) is 0 Å². The summed E-state index contributed by atoms with van der Waals surface area (Å²) in [5, 5.41) is 6.83. The summed E-state index contributed by atoms with van der Waals surface area (Å²) < 4.78 is 0. The van der Waals surface area contributed by atoms with E-state index in [2.05, 4.69) is 10.6 Å². The van der Waals surface area contributed by atoms with Crippen molar-refractivity contribution in [3.63, 3.8) is 0 Å². The van der Waals surface area contributed by atoms with Crippen LogP contribution in [0.25, 0.3) is 0 Å². The Bertz CT molecular complexity index is 629. The maximum atomic E-state index is 11.8. The van der Waals surface area contributed by atoms with Crippen LogP contribution in [-0.2, 0) is 6.42 Å². The molecule has 2 amide bonds. The van der Waals surface area contributed by atoms with Crippen LogP contribution in [0.15, 0.2) is 42.5 Å². The first-order valence-corrected chi connectivity index (χ1v) is 7.43. The van der Waals surface area contributed by atoms with Crippen LogP contribution in [0.4, 0.5) is 10.5 Å². The van der Waals surface area contributed by atoms with Crippen LogP contribution in [0.2, 0.25) is 15.1 Å². The first-order chi connectivity index (χ1) is 10.1. The highest BCUT2D eigenvalue weighted by Crippen LogP contribution is 2.29. The molecule has 2 rings (SSSR count). The van der Waals surface area contributed by atoms with E-state index in [0.717, 1.165) is 5.56 Å². The number of hydrogen-bond acceptors (Lipinski definition) is 1. The summed E-state index contributed by atoms with van der Waals surface area (Å²) in [5.41, 5.74) is 1.58. The van der Waals surface area contributed by atoms with Crippen molar-refractivity contribution in [3.8, 4) is 0 Å². The second-order valence-electron chi connectivity index (χ2n) is 4.36. The maximum Gasteiger partial charge on any atom is 0.319 e. The second-order valence-corrected chi connectivity index (χ2v) is 5.58. The molecule has 0 atom stereocenters. The van der Waals surface area contributed by atoms with E-state index in [-0.39, 0.29) is 6.03 Å². The summed E-state index contributed by atoms with van der Waals surface area (Å²) >= 11 is 17.7. The molecular weight excluding hydrogens is 331 g/mol. The summed E-state index contributed by atoms with van der Waals surface area (Å²) in [6.45, 7) is 0.506. The highest BCUT2D eigenvalue weighted by molar-refractivity contribution is 6.43. The molecule has 3 nitrogen and oxygen atoms in total. The van der Waals surface area contributed by atoms with Crippen LogP contribution in [0, 0.1) is 0 Å². The summed E-state index contributed by atoms with van der Waals surface area (Å²) in [6.07, 6.45) is 0.716. The van der Waals surface area contributed by atoms with E-state index in [1.54, 1.807) is 18.2 Å². The lowest BCUT2D eigenvalue weighted by molar-refractivity contribution is 0.252. The third kappa shape index (κ3) is 4.81. The lowest BCUT2D eigenvalue weighted by Gasteiger charge is -2.09. The van der Waals surface area contributed by atoms with Gasteiger partial charge in [-0.3, -0.25) is 0 Å². The number of rotatable bonds is 4. The second kappa shape index (κ2) is 7.55. The smallest absolute Gasteiger partial charge is 0.319 e. The fourth-order valence-electron chi connectivity index (χ4n) is 1.74. The molecule has 0 fully saturated rings. The third-order valence-corrected chi connectivity index (χ3v) is 3.88. The van der Waals surface area contributed by atoms with Gasteiger partial charge in [-0.15, -0.1) is 0 Å². The van der Waals surface area contributed by atoms with Gasteiger partial charge in [-0.1, -0.05) is 53.0 Å². The number of hydrogen-bond donors (Lipinski definition) is 2. The minimum Gasteiger partial charge on any atom is -0.338 e. The molecule has 0 aliphatic rings. The molecule has 21 heavy (non-hydrogen) atoms. The van der Waals surface area contributed by atoms with E-state index in [0.29, 0.717) is 33.7 Å². The fourth-order valence-corrected chi connectivity index (χ4v) is 2.21. The third-order valence-electron chi connectivity index (χ3n) is 2.81. The molecule has 2 N–H and O–H groups in total. The predicted molar refractivity (Wildman–Crippen MR) is 88.6 cm³/mol. The molecule has 0 radical (unpaired) electrons. The number of urea groups is 1. The van der Waals surface area contributed by atoms with Gasteiger partial charge in [-0.2, -0.15) is 0 Å². The number of benzene rings is 2. The highest BCUT2D eigenvalue weighted by atomic mass is 35.5. The van der Waals surface area contributed by atoms with Crippen molar-refractivity contribution in [1.82, 2.24) is 5.32 Å². The van der Waals surface area contributed by atoms with Gasteiger partial charge in [-0.05, 0) is 36.2 Å². The summed E-state index contributed by atoms with van der Waals surface area (Å²) in [5.74, 6) is 0. The highest BCUT2D eigenvalue weighted by Gasteiger charge is 2.07. The molecule has 0 saturated heterocycles. The van der Waals surface area contributed by atoms with Crippen LogP contribution in [0.3, 0.4) is 0 Å². The molecule has 0 saturated carbocycles. The molecular formula is C15H13Cl3N2O. The first kappa shape index (κ1) is 16.0. The zero-order valence-corrected chi connectivity index (χ0v) is 13.3. The van der Waals surface area contributed by atoms with Crippen molar-refractivity contribution in [2.24, 2.45) is 0 Å². The van der Waals surface area contributed by atoms with Crippen LogP contribution in [0.5, 0.6) is 0 Å². The van der Waals surface area contributed by atoms with Gasteiger partial charge in [-0.25, -0.2) is 4.79 Å². The van der Waals surface area contributed by atoms with Gasteiger partial charge < -0.3 is 10.6 Å². The van der Waals surface area contributed by atoms with Crippen molar-refractivity contribution in [2.75, 3.05) is 11.9 Å². The largest absolute Gasteiger partial charge is 0.338 e. The predicted octanol–water partition coefficient (Wildman–Crippen LogP) is 5.01. The Balaban J connectivity index is 1.82. The normalized spacial score (nSPS) is 10.2. The topological polar surface area (TPSA) is 41.1 Å². The number of nitrogens with one attached hydrogen (secondary N) is 2. The molecule has 0 aliphatic carbocycles. The van der Waals surface area contributed by atoms with E-state index < -0.39 is 0 Å². The monoisotopic (exact) mass is 342 g/mol. The quantitative estimate of drug-likeness (QED) is 0.805. The minimum atomic E-state index is -0.326. The van der Waals surface area contributed by atoms with Crippen LogP contribution < -0.4 is 10.6 Å². The Morgan fingerprint density at radius 3 is 2.43 bits per heavy atom. The van der Waals surface area contributed by atoms with E-state index in [4.69, 9.17) is 34.8 Å². The standard InChI is InChI=1S/C15H13Cl3N2O/c16-11-6-4-10(5-7-11)8-9-19-15(21)20-13-3-1-2-12(17)14(13)18/h1-7H,8-9H2,(H2,19,20,21). The average molecular weight is 344 g/mol. The van der Waals surface area contributed by atoms with Gasteiger partial charge in [0.1, 0.15) is 0 Å². The Hall–Kier alpha value is -1.42. The number of amides is 2. The molecule has 2 aromatic rings. The number of carbonyl (C=O) groups is 1. The lowest BCUT2D eigenvalue weighted by atomic mass is 10.1. The van der Waals surface area contributed by atoms with Gasteiger partial charge in [0.05, 0.1) is 15.7 Å². The van der Waals surface area contributed by atoms with E-state index in [9.17, 15) is 4.79 Å². The molecule has 0 unspecified atom stereocenters. The molecule has 0 aliphatic heterocycles. The van der Waals surface area contributed by atoms with Crippen molar-refractivity contribution < 1.29 is 4.79 Å². The van der Waals surface area contributed by atoms with Crippen LogP contribution in [-0.4, -0.2) is 12.6 Å². The fraction of sp³-hybridized carbons (Fsp3) is 0.133. The zero-order valence-electron chi connectivity index (χ0n) is 11.0. The molecule has 110 valence electrons. The van der Waals surface area contributed by atoms with Crippen molar-refractivity contribution in [1.29, 1.82) is 0 Å². The molecule has 0 bridgehead atoms. The number of carbonyl (C=O) groups excluding carboxylic acids is 1. The summed E-state index contributed by atoms with van der Waals surface area (Å²) in [4.78, 5) is 11.8. The first-order valence-electron chi connectivity index (χ1n) is 6.29. The Labute approximate surface area is 138 Å². The van der Waals surface area contributed by atoms with E-state index in [1.165, 1.54) is 0 Å². The molecule has 0 spiro atoms.